The Hall–Kier alpha value is -6.96. The normalized spacial score (nSPS) is 11.0. The number of benzene rings is 9. The molecule has 1 heteroatoms. The van der Waals surface area contributed by atoms with Crippen LogP contribution in [-0.4, -0.2) is 0 Å². The number of fused-ring (bicyclic) bond motifs is 1. The van der Waals surface area contributed by atoms with Gasteiger partial charge in [-0.05, 0) is 115 Å². The molecule has 0 heterocycles. The standard InChI is InChI=1S/C52H37N/c1-4-16-39(17-5-1)47-23-12-14-26-50(47)51-27-15-13-24-48(51)41-30-34-46(35-31-41)53(44-21-8-3-9-22-44)45-32-28-38(29-33-45)43-36-42-20-10-11-25-49(42)52(37-43)40-18-6-2-7-19-40/h1-37H. The maximum atomic E-state index is 2.33. The van der Waals surface area contributed by atoms with Gasteiger partial charge in [-0.15, -0.1) is 0 Å². The first kappa shape index (κ1) is 32.0. The second-order valence-electron chi connectivity index (χ2n) is 13.3. The van der Waals surface area contributed by atoms with E-state index in [1.807, 2.05) is 0 Å². The van der Waals surface area contributed by atoms with Crippen LogP contribution in [0.1, 0.15) is 0 Å². The smallest absolute Gasteiger partial charge is 0.0462 e. The minimum absolute atomic E-state index is 1.10. The largest absolute Gasteiger partial charge is 0.311 e. The molecule has 9 rings (SSSR count). The Labute approximate surface area is 311 Å². The highest BCUT2D eigenvalue weighted by molar-refractivity contribution is 6.00. The van der Waals surface area contributed by atoms with Crippen LogP contribution in [0.3, 0.4) is 0 Å². The lowest BCUT2D eigenvalue weighted by atomic mass is 9.89. The van der Waals surface area contributed by atoms with E-state index in [-0.39, 0.29) is 0 Å². The number of rotatable bonds is 8. The van der Waals surface area contributed by atoms with Crippen LogP contribution in [0, 0.1) is 0 Å². The van der Waals surface area contributed by atoms with Crippen molar-refractivity contribution in [3.8, 4) is 55.6 Å². The van der Waals surface area contributed by atoms with E-state index < -0.39 is 0 Å². The highest BCUT2D eigenvalue weighted by Gasteiger charge is 2.16. The molecule has 0 aliphatic heterocycles. The van der Waals surface area contributed by atoms with E-state index in [4.69, 9.17) is 0 Å². The SMILES string of the molecule is c1ccc(-c2ccccc2-c2ccccc2-c2ccc(N(c3ccccc3)c3ccc(-c4cc(-c5ccccc5)c5ccccc5c4)cc3)cc2)cc1. The summed E-state index contributed by atoms with van der Waals surface area (Å²) in [5.41, 5.74) is 15.5. The molecule has 0 aliphatic carbocycles. The van der Waals surface area contributed by atoms with Crippen molar-refractivity contribution in [3.63, 3.8) is 0 Å². The van der Waals surface area contributed by atoms with Gasteiger partial charge in [0.25, 0.3) is 0 Å². The van der Waals surface area contributed by atoms with Crippen LogP contribution in [0.5, 0.6) is 0 Å². The van der Waals surface area contributed by atoms with Crippen LogP contribution in [-0.2, 0) is 0 Å². The Bertz CT molecular complexity index is 2630. The summed E-state index contributed by atoms with van der Waals surface area (Å²) in [6, 6.07) is 80.7. The molecule has 9 aromatic rings. The molecule has 0 fully saturated rings. The topological polar surface area (TPSA) is 3.24 Å². The lowest BCUT2D eigenvalue weighted by Gasteiger charge is -2.26. The number of para-hydroxylation sites is 1. The molecule has 0 atom stereocenters. The zero-order valence-electron chi connectivity index (χ0n) is 29.3. The second-order valence-corrected chi connectivity index (χ2v) is 13.3. The summed E-state index contributed by atoms with van der Waals surface area (Å²) in [6.07, 6.45) is 0. The molecule has 0 bridgehead atoms. The zero-order valence-corrected chi connectivity index (χ0v) is 29.3. The Kier molecular flexibility index (Phi) is 8.66. The fourth-order valence-electron chi connectivity index (χ4n) is 7.51. The van der Waals surface area contributed by atoms with Crippen molar-refractivity contribution < 1.29 is 0 Å². The molecule has 0 unspecified atom stereocenters. The van der Waals surface area contributed by atoms with Crippen molar-refractivity contribution in [2.75, 3.05) is 4.90 Å². The minimum atomic E-state index is 1.10. The van der Waals surface area contributed by atoms with Gasteiger partial charge in [0.15, 0.2) is 0 Å². The van der Waals surface area contributed by atoms with Gasteiger partial charge in [0, 0.05) is 17.1 Å². The van der Waals surface area contributed by atoms with Gasteiger partial charge in [-0.1, -0.05) is 176 Å². The fourth-order valence-corrected chi connectivity index (χ4v) is 7.51. The molecule has 9 aromatic carbocycles. The molecule has 0 amide bonds. The van der Waals surface area contributed by atoms with Gasteiger partial charge in [0.05, 0.1) is 0 Å². The molecule has 0 aliphatic rings. The van der Waals surface area contributed by atoms with E-state index in [0.29, 0.717) is 0 Å². The van der Waals surface area contributed by atoms with Crippen LogP contribution in [0.4, 0.5) is 17.1 Å². The van der Waals surface area contributed by atoms with E-state index in [9.17, 15) is 0 Å². The molecule has 250 valence electrons. The van der Waals surface area contributed by atoms with E-state index in [0.717, 1.165) is 17.1 Å². The van der Waals surface area contributed by atoms with Crippen LogP contribution < -0.4 is 4.90 Å². The third kappa shape index (κ3) is 6.42. The Morgan fingerprint density at radius 2 is 0.623 bits per heavy atom. The highest BCUT2D eigenvalue weighted by Crippen LogP contribution is 2.41. The van der Waals surface area contributed by atoms with Crippen LogP contribution in [0.2, 0.25) is 0 Å². The molecule has 0 spiro atoms. The molecule has 0 radical (unpaired) electrons. The summed E-state index contributed by atoms with van der Waals surface area (Å²) in [4.78, 5) is 2.33. The highest BCUT2D eigenvalue weighted by atomic mass is 15.1. The lowest BCUT2D eigenvalue weighted by Crippen LogP contribution is -2.09. The number of hydrogen-bond donors (Lipinski definition) is 0. The van der Waals surface area contributed by atoms with Crippen molar-refractivity contribution >= 4 is 27.8 Å². The zero-order chi connectivity index (χ0) is 35.4. The molecular formula is C52H37N. The summed E-state index contributed by atoms with van der Waals surface area (Å²) in [6.45, 7) is 0. The van der Waals surface area contributed by atoms with Crippen molar-refractivity contribution in [2.24, 2.45) is 0 Å². The van der Waals surface area contributed by atoms with Crippen molar-refractivity contribution in [2.45, 2.75) is 0 Å². The van der Waals surface area contributed by atoms with Gasteiger partial charge >= 0.3 is 0 Å². The maximum Gasteiger partial charge on any atom is 0.0462 e. The fraction of sp³-hybridized carbons (Fsp3) is 0. The molecule has 0 saturated carbocycles. The summed E-state index contributed by atoms with van der Waals surface area (Å²) in [5.74, 6) is 0. The van der Waals surface area contributed by atoms with E-state index >= 15 is 0 Å². The Morgan fingerprint density at radius 3 is 1.19 bits per heavy atom. The van der Waals surface area contributed by atoms with Crippen LogP contribution >= 0.6 is 0 Å². The predicted molar refractivity (Wildman–Crippen MR) is 226 cm³/mol. The van der Waals surface area contributed by atoms with Gasteiger partial charge in [0.1, 0.15) is 0 Å². The van der Waals surface area contributed by atoms with Crippen molar-refractivity contribution in [1.82, 2.24) is 0 Å². The quantitative estimate of drug-likeness (QED) is 0.155. The summed E-state index contributed by atoms with van der Waals surface area (Å²) in [7, 11) is 0. The number of hydrogen-bond acceptors (Lipinski definition) is 1. The van der Waals surface area contributed by atoms with Crippen LogP contribution in [0.25, 0.3) is 66.4 Å². The molecule has 0 N–H and O–H groups in total. The van der Waals surface area contributed by atoms with E-state index in [1.165, 1.54) is 66.4 Å². The van der Waals surface area contributed by atoms with Gasteiger partial charge in [-0.3, -0.25) is 0 Å². The molecule has 1 nitrogen and oxygen atoms in total. The van der Waals surface area contributed by atoms with Crippen molar-refractivity contribution in [3.05, 3.63) is 224 Å². The van der Waals surface area contributed by atoms with Gasteiger partial charge in [-0.25, -0.2) is 0 Å². The average molecular weight is 676 g/mol. The van der Waals surface area contributed by atoms with E-state index in [2.05, 4.69) is 229 Å². The van der Waals surface area contributed by atoms with Crippen LogP contribution in [0.15, 0.2) is 224 Å². The first-order valence-electron chi connectivity index (χ1n) is 18.2. The van der Waals surface area contributed by atoms with E-state index in [1.54, 1.807) is 0 Å². The van der Waals surface area contributed by atoms with Gasteiger partial charge in [0.2, 0.25) is 0 Å². The number of anilines is 3. The molecular weight excluding hydrogens is 639 g/mol. The number of nitrogens with zero attached hydrogens (tertiary/aromatic N) is 1. The first-order valence-corrected chi connectivity index (χ1v) is 18.2. The van der Waals surface area contributed by atoms with Gasteiger partial charge < -0.3 is 4.90 Å². The monoisotopic (exact) mass is 675 g/mol. The summed E-state index contributed by atoms with van der Waals surface area (Å²) < 4.78 is 0. The minimum Gasteiger partial charge on any atom is -0.311 e. The summed E-state index contributed by atoms with van der Waals surface area (Å²) >= 11 is 0. The van der Waals surface area contributed by atoms with Gasteiger partial charge in [-0.2, -0.15) is 0 Å². The first-order chi connectivity index (χ1) is 26.3. The molecule has 0 aromatic heterocycles. The predicted octanol–water partition coefficient (Wildman–Crippen LogP) is 14.6. The Balaban J connectivity index is 1.08. The summed E-state index contributed by atoms with van der Waals surface area (Å²) in [5, 5.41) is 2.50. The van der Waals surface area contributed by atoms with Crippen molar-refractivity contribution in [1.29, 1.82) is 0 Å². The Morgan fingerprint density at radius 1 is 0.226 bits per heavy atom. The third-order valence-corrected chi connectivity index (χ3v) is 10.1. The average Bonchev–Trinajstić information content (AvgIpc) is 3.25. The molecule has 53 heavy (non-hydrogen) atoms. The third-order valence-electron chi connectivity index (χ3n) is 10.1. The maximum absolute atomic E-state index is 2.33. The molecule has 0 saturated heterocycles. The lowest BCUT2D eigenvalue weighted by molar-refractivity contribution is 1.28. The second kappa shape index (κ2) is 14.3.